The van der Waals surface area contributed by atoms with Crippen LogP contribution in [0.4, 0.5) is 0 Å². The van der Waals surface area contributed by atoms with Gasteiger partial charge in [-0.3, -0.25) is 14.4 Å². The minimum atomic E-state index is -0.582. The van der Waals surface area contributed by atoms with Gasteiger partial charge in [0.05, 0.1) is 0 Å². The molecule has 0 spiro atoms. The number of carbonyl (C=O) groups excluding carboxylic acids is 3. The number of benzene rings is 1. The van der Waals surface area contributed by atoms with Crippen LogP contribution in [0.2, 0.25) is 5.02 Å². The second-order valence-corrected chi connectivity index (χ2v) is 9.29. The van der Waals surface area contributed by atoms with Gasteiger partial charge in [0.25, 0.3) is 5.91 Å². The number of fused-ring (bicyclic) bond motifs is 1. The molecule has 1 saturated carbocycles. The van der Waals surface area contributed by atoms with E-state index in [0.717, 1.165) is 51.6 Å². The second-order valence-electron chi connectivity index (χ2n) is 8.85. The average molecular weight is 432 g/mol. The molecule has 4 atom stereocenters. The average Bonchev–Trinajstić information content (AvgIpc) is 3.40. The Bertz CT molecular complexity index is 824. The van der Waals surface area contributed by atoms with Crippen molar-refractivity contribution < 1.29 is 14.4 Å². The molecule has 2 aliphatic heterocycles. The predicted octanol–water partition coefficient (Wildman–Crippen LogP) is 3.24. The molecule has 2 saturated heterocycles. The summed E-state index contributed by atoms with van der Waals surface area (Å²) >= 11 is 6.11. The van der Waals surface area contributed by atoms with Crippen molar-refractivity contribution in [2.75, 3.05) is 13.1 Å². The molecular weight excluding hydrogens is 402 g/mol. The maximum absolute atomic E-state index is 13.4. The van der Waals surface area contributed by atoms with Gasteiger partial charge in [-0.15, -0.1) is 0 Å². The number of hydrogen-bond acceptors (Lipinski definition) is 3. The number of nitrogens with zero attached hydrogens (tertiary/aromatic N) is 2. The van der Waals surface area contributed by atoms with Crippen molar-refractivity contribution in [2.45, 2.75) is 70.0 Å². The normalized spacial score (nSPS) is 26.9. The Morgan fingerprint density at radius 1 is 1.10 bits per heavy atom. The first-order valence-corrected chi connectivity index (χ1v) is 11.5. The SMILES string of the molecule is C[C@H](NC(=O)[C@@H]1C[C@H]2CCCC[C@H]2N1C(=O)c1cccc(Cl)c1)C(=O)N1CCCC1. The van der Waals surface area contributed by atoms with Gasteiger partial charge in [0.15, 0.2) is 0 Å². The summed E-state index contributed by atoms with van der Waals surface area (Å²) in [6, 6.07) is 5.86. The minimum absolute atomic E-state index is 0.0380. The number of amides is 3. The zero-order valence-electron chi connectivity index (χ0n) is 17.5. The van der Waals surface area contributed by atoms with Gasteiger partial charge in [0.2, 0.25) is 11.8 Å². The largest absolute Gasteiger partial charge is 0.343 e. The lowest BCUT2D eigenvalue weighted by molar-refractivity contribution is -0.136. The van der Waals surface area contributed by atoms with Crippen molar-refractivity contribution in [3.63, 3.8) is 0 Å². The molecule has 1 aliphatic carbocycles. The van der Waals surface area contributed by atoms with E-state index in [1.54, 1.807) is 36.1 Å². The lowest BCUT2D eigenvalue weighted by Gasteiger charge is -2.34. The fraction of sp³-hybridized carbons (Fsp3) is 0.609. The Morgan fingerprint density at radius 2 is 1.83 bits per heavy atom. The zero-order valence-corrected chi connectivity index (χ0v) is 18.2. The first-order chi connectivity index (χ1) is 14.5. The van der Waals surface area contributed by atoms with Crippen molar-refractivity contribution in [2.24, 2.45) is 5.92 Å². The summed E-state index contributed by atoms with van der Waals surface area (Å²) in [6.07, 6.45) is 6.85. The molecule has 0 radical (unpaired) electrons. The summed E-state index contributed by atoms with van der Waals surface area (Å²) in [5.74, 6) is -0.0726. The van der Waals surface area contributed by atoms with Crippen LogP contribution in [0, 0.1) is 5.92 Å². The predicted molar refractivity (Wildman–Crippen MR) is 115 cm³/mol. The topological polar surface area (TPSA) is 69.7 Å². The summed E-state index contributed by atoms with van der Waals surface area (Å²) in [5, 5.41) is 3.41. The molecule has 4 rings (SSSR count). The monoisotopic (exact) mass is 431 g/mol. The molecule has 3 aliphatic rings. The van der Waals surface area contributed by atoms with Gasteiger partial charge in [-0.25, -0.2) is 0 Å². The van der Waals surface area contributed by atoms with Crippen LogP contribution in [0.25, 0.3) is 0 Å². The maximum Gasteiger partial charge on any atom is 0.254 e. The highest BCUT2D eigenvalue weighted by Crippen LogP contribution is 2.40. The summed E-state index contributed by atoms with van der Waals surface area (Å²) in [6.45, 7) is 3.25. The molecular formula is C23H30ClN3O3. The molecule has 3 amide bonds. The molecule has 1 aromatic rings. The Morgan fingerprint density at radius 3 is 2.57 bits per heavy atom. The van der Waals surface area contributed by atoms with Gasteiger partial charge in [0.1, 0.15) is 12.1 Å². The Labute approximate surface area is 182 Å². The molecule has 1 aromatic carbocycles. The molecule has 0 bridgehead atoms. The van der Waals surface area contributed by atoms with Gasteiger partial charge in [0, 0.05) is 29.7 Å². The zero-order chi connectivity index (χ0) is 21.3. The molecule has 2 heterocycles. The fourth-order valence-electron chi connectivity index (χ4n) is 5.34. The van der Waals surface area contributed by atoms with Gasteiger partial charge < -0.3 is 15.1 Å². The van der Waals surface area contributed by atoms with Crippen molar-refractivity contribution in [3.05, 3.63) is 34.9 Å². The Hall–Kier alpha value is -2.08. The van der Waals surface area contributed by atoms with Gasteiger partial charge in [-0.1, -0.05) is 30.5 Å². The molecule has 30 heavy (non-hydrogen) atoms. The van der Waals surface area contributed by atoms with E-state index in [0.29, 0.717) is 22.9 Å². The summed E-state index contributed by atoms with van der Waals surface area (Å²) < 4.78 is 0. The highest BCUT2D eigenvalue weighted by atomic mass is 35.5. The first-order valence-electron chi connectivity index (χ1n) is 11.1. The summed E-state index contributed by atoms with van der Waals surface area (Å²) in [5.41, 5.74) is 0.507. The van der Waals surface area contributed by atoms with Crippen molar-refractivity contribution in [3.8, 4) is 0 Å². The third kappa shape index (κ3) is 4.20. The number of likely N-dealkylation sites (tertiary alicyclic amines) is 2. The van der Waals surface area contributed by atoms with E-state index in [1.165, 1.54) is 0 Å². The van der Waals surface area contributed by atoms with E-state index in [2.05, 4.69) is 5.32 Å². The highest BCUT2D eigenvalue weighted by Gasteiger charge is 2.48. The van der Waals surface area contributed by atoms with E-state index in [9.17, 15) is 14.4 Å². The highest BCUT2D eigenvalue weighted by molar-refractivity contribution is 6.31. The van der Waals surface area contributed by atoms with Gasteiger partial charge in [-0.05, 0) is 63.1 Å². The van der Waals surface area contributed by atoms with E-state index < -0.39 is 12.1 Å². The third-order valence-electron chi connectivity index (χ3n) is 6.84. The van der Waals surface area contributed by atoms with Crippen LogP contribution in [0.5, 0.6) is 0 Å². The maximum atomic E-state index is 13.4. The van der Waals surface area contributed by atoms with E-state index in [4.69, 9.17) is 11.6 Å². The van der Waals surface area contributed by atoms with Crippen LogP contribution in [0.15, 0.2) is 24.3 Å². The first kappa shape index (κ1) is 21.2. The number of carbonyl (C=O) groups is 3. The van der Waals surface area contributed by atoms with E-state index in [-0.39, 0.29) is 23.8 Å². The van der Waals surface area contributed by atoms with Crippen LogP contribution in [0.1, 0.15) is 62.2 Å². The second kappa shape index (κ2) is 8.96. The molecule has 6 nitrogen and oxygen atoms in total. The molecule has 162 valence electrons. The molecule has 0 unspecified atom stereocenters. The van der Waals surface area contributed by atoms with Crippen molar-refractivity contribution in [1.29, 1.82) is 0 Å². The van der Waals surface area contributed by atoms with Crippen molar-refractivity contribution in [1.82, 2.24) is 15.1 Å². The number of rotatable bonds is 4. The molecule has 0 aromatic heterocycles. The fourth-order valence-corrected chi connectivity index (χ4v) is 5.53. The number of nitrogens with one attached hydrogen (secondary N) is 1. The van der Waals surface area contributed by atoms with Crippen molar-refractivity contribution >= 4 is 29.3 Å². The van der Waals surface area contributed by atoms with Crippen LogP contribution in [-0.2, 0) is 9.59 Å². The lowest BCUT2D eigenvalue weighted by atomic mass is 9.84. The number of hydrogen-bond donors (Lipinski definition) is 1. The third-order valence-corrected chi connectivity index (χ3v) is 7.08. The van der Waals surface area contributed by atoms with Gasteiger partial charge in [-0.2, -0.15) is 0 Å². The number of halogens is 1. The summed E-state index contributed by atoms with van der Waals surface area (Å²) in [4.78, 5) is 42.9. The Balaban J connectivity index is 1.52. The summed E-state index contributed by atoms with van der Waals surface area (Å²) in [7, 11) is 0. The Kier molecular flexibility index (Phi) is 6.32. The van der Waals surface area contributed by atoms with Crippen LogP contribution >= 0.6 is 11.6 Å². The standard InChI is InChI=1S/C23H30ClN3O3/c1-15(22(29)26-11-4-5-12-26)25-21(28)20-14-16-7-2-3-10-19(16)27(20)23(30)17-8-6-9-18(24)13-17/h6,8-9,13,15-16,19-20H,2-5,7,10-12,14H2,1H3,(H,25,28)/t15-,16+,19+,20-/m0/s1. The van der Waals surface area contributed by atoms with Crippen LogP contribution < -0.4 is 5.32 Å². The molecule has 3 fully saturated rings. The van der Waals surface area contributed by atoms with E-state index in [1.807, 2.05) is 4.90 Å². The smallest absolute Gasteiger partial charge is 0.254 e. The molecule has 7 heteroatoms. The molecule has 1 N–H and O–H groups in total. The lowest BCUT2D eigenvalue weighted by Crippen LogP contribution is -2.54. The van der Waals surface area contributed by atoms with Crippen LogP contribution in [-0.4, -0.2) is 58.7 Å². The van der Waals surface area contributed by atoms with Crippen LogP contribution in [0.3, 0.4) is 0 Å². The minimum Gasteiger partial charge on any atom is -0.343 e. The van der Waals surface area contributed by atoms with E-state index >= 15 is 0 Å². The quantitative estimate of drug-likeness (QED) is 0.795. The van der Waals surface area contributed by atoms with Gasteiger partial charge >= 0.3 is 0 Å².